The van der Waals surface area contributed by atoms with Crippen LogP contribution in [0.15, 0.2) is 18.2 Å². The predicted octanol–water partition coefficient (Wildman–Crippen LogP) is 2.43. The maximum atomic E-state index is 11.0. The molecule has 0 radical (unpaired) electrons. The van der Waals surface area contributed by atoms with Crippen molar-refractivity contribution in [3.8, 4) is 0 Å². The van der Waals surface area contributed by atoms with Gasteiger partial charge in [-0.1, -0.05) is 29.3 Å². The van der Waals surface area contributed by atoms with E-state index in [1.54, 1.807) is 18.2 Å². The molecule has 1 aromatic carbocycles. The van der Waals surface area contributed by atoms with E-state index in [1.165, 1.54) is 6.26 Å². The molecule has 0 fully saturated rings. The van der Waals surface area contributed by atoms with Crippen molar-refractivity contribution in [2.75, 3.05) is 12.0 Å². The van der Waals surface area contributed by atoms with E-state index in [1.807, 2.05) is 0 Å². The average Bonchev–Trinajstić information content (AvgIpc) is 2.13. The number of benzene rings is 1. The van der Waals surface area contributed by atoms with Gasteiger partial charge >= 0.3 is 0 Å². The van der Waals surface area contributed by atoms with Gasteiger partial charge in [0.1, 0.15) is 9.84 Å². The molecule has 2 N–H and O–H groups in total. The third-order valence-corrected chi connectivity index (χ3v) is 3.70. The van der Waals surface area contributed by atoms with Crippen LogP contribution in [-0.2, 0) is 9.84 Å². The Morgan fingerprint density at radius 2 is 2.00 bits per heavy atom. The van der Waals surface area contributed by atoms with E-state index in [0.717, 1.165) is 5.56 Å². The Labute approximate surface area is 105 Å². The van der Waals surface area contributed by atoms with Crippen LogP contribution in [0.25, 0.3) is 0 Å². The highest BCUT2D eigenvalue weighted by Crippen LogP contribution is 2.26. The first-order valence-corrected chi connectivity index (χ1v) is 7.49. The Morgan fingerprint density at radius 3 is 2.50 bits per heavy atom. The quantitative estimate of drug-likeness (QED) is 0.922. The average molecular weight is 282 g/mol. The van der Waals surface area contributed by atoms with Crippen LogP contribution in [0, 0.1) is 0 Å². The Balaban J connectivity index is 2.77. The van der Waals surface area contributed by atoms with E-state index in [0.29, 0.717) is 16.5 Å². The van der Waals surface area contributed by atoms with E-state index in [9.17, 15) is 8.42 Å². The first kappa shape index (κ1) is 13.8. The minimum absolute atomic E-state index is 0.0487. The van der Waals surface area contributed by atoms with Gasteiger partial charge in [-0.3, -0.25) is 0 Å². The van der Waals surface area contributed by atoms with Gasteiger partial charge in [0.25, 0.3) is 0 Å². The maximum absolute atomic E-state index is 11.0. The molecule has 90 valence electrons. The number of hydrogen-bond acceptors (Lipinski definition) is 3. The second kappa shape index (κ2) is 5.36. The molecule has 1 rings (SSSR count). The Morgan fingerprint density at radius 1 is 1.38 bits per heavy atom. The summed E-state index contributed by atoms with van der Waals surface area (Å²) in [4.78, 5) is 0. The van der Waals surface area contributed by atoms with Crippen molar-refractivity contribution >= 4 is 33.0 Å². The van der Waals surface area contributed by atoms with Crippen molar-refractivity contribution in [2.45, 2.75) is 12.5 Å². The molecule has 0 amide bonds. The van der Waals surface area contributed by atoms with Crippen LogP contribution in [0.5, 0.6) is 0 Å². The van der Waals surface area contributed by atoms with Crippen molar-refractivity contribution < 1.29 is 8.42 Å². The molecule has 0 spiro atoms. The molecular formula is C10H13Cl2NO2S. The molecule has 1 aromatic rings. The lowest BCUT2D eigenvalue weighted by Gasteiger charge is -2.13. The van der Waals surface area contributed by atoms with Crippen LogP contribution >= 0.6 is 23.2 Å². The van der Waals surface area contributed by atoms with Crippen molar-refractivity contribution in [2.24, 2.45) is 5.73 Å². The molecule has 0 saturated heterocycles. The standard InChI is InChI=1S/C10H13Cl2NO2S/c1-16(14,15)5-4-10(13)8-3-2-7(11)6-9(8)12/h2-3,6,10H,4-5,13H2,1H3. The number of rotatable bonds is 4. The van der Waals surface area contributed by atoms with E-state index in [2.05, 4.69) is 0 Å². The Kier molecular flexibility index (Phi) is 4.62. The van der Waals surface area contributed by atoms with Crippen LogP contribution < -0.4 is 5.73 Å². The summed E-state index contributed by atoms with van der Waals surface area (Å²) in [5.74, 6) is 0.0487. The van der Waals surface area contributed by atoms with E-state index < -0.39 is 9.84 Å². The minimum Gasteiger partial charge on any atom is -0.324 e. The molecule has 1 atom stereocenters. The van der Waals surface area contributed by atoms with Gasteiger partial charge in [0.05, 0.1) is 5.75 Å². The van der Waals surface area contributed by atoms with Crippen LogP contribution in [-0.4, -0.2) is 20.4 Å². The monoisotopic (exact) mass is 281 g/mol. The summed E-state index contributed by atoms with van der Waals surface area (Å²) < 4.78 is 22.0. The maximum Gasteiger partial charge on any atom is 0.147 e. The van der Waals surface area contributed by atoms with Gasteiger partial charge in [-0.25, -0.2) is 8.42 Å². The van der Waals surface area contributed by atoms with Crippen LogP contribution in [0.2, 0.25) is 10.0 Å². The van der Waals surface area contributed by atoms with Crippen molar-refractivity contribution in [1.29, 1.82) is 0 Å². The molecule has 0 aliphatic rings. The van der Waals surface area contributed by atoms with Crippen molar-refractivity contribution in [3.05, 3.63) is 33.8 Å². The fourth-order valence-corrected chi connectivity index (χ4v) is 2.53. The highest BCUT2D eigenvalue weighted by atomic mass is 35.5. The Hall–Kier alpha value is -0.290. The highest BCUT2D eigenvalue weighted by molar-refractivity contribution is 7.90. The molecule has 0 bridgehead atoms. The number of hydrogen-bond donors (Lipinski definition) is 1. The zero-order valence-electron chi connectivity index (χ0n) is 8.78. The minimum atomic E-state index is -3.00. The summed E-state index contributed by atoms with van der Waals surface area (Å²) >= 11 is 11.7. The lowest BCUT2D eigenvalue weighted by atomic mass is 10.1. The zero-order chi connectivity index (χ0) is 12.3. The van der Waals surface area contributed by atoms with E-state index in [-0.39, 0.29) is 11.8 Å². The molecule has 0 saturated carbocycles. The molecule has 1 unspecified atom stereocenters. The fraction of sp³-hybridized carbons (Fsp3) is 0.400. The Bertz CT molecular complexity index is 474. The number of halogens is 2. The van der Waals surface area contributed by atoms with Gasteiger partial charge in [-0.2, -0.15) is 0 Å². The molecule has 6 heteroatoms. The number of nitrogens with two attached hydrogens (primary N) is 1. The second-order valence-corrected chi connectivity index (χ2v) is 6.79. The highest BCUT2D eigenvalue weighted by Gasteiger charge is 2.13. The summed E-state index contributed by atoms with van der Waals surface area (Å²) in [6.45, 7) is 0. The normalized spacial score (nSPS) is 13.8. The van der Waals surface area contributed by atoms with Gasteiger partial charge in [0.2, 0.25) is 0 Å². The first-order valence-electron chi connectivity index (χ1n) is 4.68. The summed E-state index contributed by atoms with van der Waals surface area (Å²) in [6, 6.07) is 4.61. The van der Waals surface area contributed by atoms with Gasteiger partial charge in [-0.15, -0.1) is 0 Å². The summed E-state index contributed by atoms with van der Waals surface area (Å²) in [5.41, 5.74) is 6.58. The molecule has 0 aliphatic heterocycles. The molecular weight excluding hydrogens is 269 g/mol. The topological polar surface area (TPSA) is 60.2 Å². The smallest absolute Gasteiger partial charge is 0.147 e. The first-order chi connectivity index (χ1) is 7.29. The molecule has 0 heterocycles. The largest absolute Gasteiger partial charge is 0.324 e. The van der Waals surface area contributed by atoms with E-state index in [4.69, 9.17) is 28.9 Å². The summed E-state index contributed by atoms with van der Waals surface area (Å²) in [7, 11) is -3.00. The van der Waals surface area contributed by atoms with Crippen molar-refractivity contribution in [3.63, 3.8) is 0 Å². The van der Waals surface area contributed by atoms with Crippen LogP contribution in [0.1, 0.15) is 18.0 Å². The zero-order valence-corrected chi connectivity index (χ0v) is 11.1. The van der Waals surface area contributed by atoms with Gasteiger partial charge < -0.3 is 5.73 Å². The fourth-order valence-electron chi connectivity index (χ4n) is 1.30. The lowest BCUT2D eigenvalue weighted by molar-refractivity contribution is 0.592. The molecule has 0 aromatic heterocycles. The molecule has 16 heavy (non-hydrogen) atoms. The van der Waals surface area contributed by atoms with Crippen LogP contribution in [0.3, 0.4) is 0 Å². The van der Waals surface area contributed by atoms with Gasteiger partial charge in [0.15, 0.2) is 0 Å². The van der Waals surface area contributed by atoms with E-state index >= 15 is 0 Å². The summed E-state index contributed by atoms with van der Waals surface area (Å²) in [5, 5.41) is 0.998. The van der Waals surface area contributed by atoms with Crippen molar-refractivity contribution in [1.82, 2.24) is 0 Å². The summed E-state index contributed by atoms with van der Waals surface area (Å²) in [6.07, 6.45) is 1.53. The third kappa shape index (κ3) is 4.29. The number of sulfone groups is 1. The third-order valence-electron chi connectivity index (χ3n) is 2.16. The van der Waals surface area contributed by atoms with Gasteiger partial charge in [0, 0.05) is 22.3 Å². The predicted molar refractivity (Wildman–Crippen MR) is 67.7 cm³/mol. The molecule has 3 nitrogen and oxygen atoms in total. The molecule has 0 aliphatic carbocycles. The second-order valence-electron chi connectivity index (χ2n) is 3.69. The lowest BCUT2D eigenvalue weighted by Crippen LogP contribution is -2.16. The van der Waals surface area contributed by atoms with Crippen LogP contribution in [0.4, 0.5) is 0 Å². The SMILES string of the molecule is CS(=O)(=O)CCC(N)c1ccc(Cl)cc1Cl. The van der Waals surface area contributed by atoms with Gasteiger partial charge in [-0.05, 0) is 24.1 Å².